The average Bonchev–Trinajstić information content (AvgIpc) is 3.09. The van der Waals surface area contributed by atoms with Gasteiger partial charge in [0.25, 0.3) is 5.91 Å². The first kappa shape index (κ1) is 14.3. The summed E-state index contributed by atoms with van der Waals surface area (Å²) in [7, 11) is 0. The number of hydrogen-bond acceptors (Lipinski definition) is 4. The number of carbonyl (C=O) groups excluding carboxylic acids is 1. The number of nitrogens with one attached hydrogen (secondary N) is 1. The normalized spacial score (nSPS) is 10.2. The van der Waals surface area contributed by atoms with E-state index in [9.17, 15) is 4.79 Å². The van der Waals surface area contributed by atoms with Crippen molar-refractivity contribution in [1.29, 1.82) is 0 Å². The second-order valence-corrected chi connectivity index (χ2v) is 5.33. The summed E-state index contributed by atoms with van der Waals surface area (Å²) in [5, 5.41) is 4.56. The molecule has 0 unspecified atom stereocenters. The Hall–Kier alpha value is -2.66. The molecule has 110 valence electrons. The molecule has 0 aliphatic heterocycles. The van der Waals surface area contributed by atoms with Crippen molar-refractivity contribution in [3.05, 3.63) is 76.7 Å². The van der Waals surface area contributed by atoms with E-state index >= 15 is 0 Å². The summed E-state index contributed by atoms with van der Waals surface area (Å²) < 4.78 is 5.72. The van der Waals surface area contributed by atoms with Gasteiger partial charge in [0.2, 0.25) is 0 Å². The van der Waals surface area contributed by atoms with Crippen LogP contribution in [0.25, 0.3) is 0 Å². The minimum absolute atomic E-state index is 0.161. The molecule has 0 fully saturated rings. The van der Waals surface area contributed by atoms with E-state index < -0.39 is 0 Å². The molecule has 2 aromatic carbocycles. The minimum Gasteiger partial charge on any atom is -0.457 e. The van der Waals surface area contributed by atoms with E-state index in [1.54, 1.807) is 10.9 Å². The van der Waals surface area contributed by atoms with Crippen molar-refractivity contribution < 1.29 is 9.53 Å². The molecule has 0 bridgehead atoms. The lowest BCUT2D eigenvalue weighted by Gasteiger charge is -2.07. The molecule has 1 N–H and O–H groups in total. The molecule has 4 nitrogen and oxygen atoms in total. The molecule has 0 radical (unpaired) electrons. The predicted molar refractivity (Wildman–Crippen MR) is 86.2 cm³/mol. The molecule has 0 spiro atoms. The van der Waals surface area contributed by atoms with Gasteiger partial charge in [-0.15, -0.1) is 11.3 Å². The fourth-order valence-electron chi connectivity index (χ4n) is 1.90. The van der Waals surface area contributed by atoms with Gasteiger partial charge in [-0.3, -0.25) is 4.79 Å². The van der Waals surface area contributed by atoms with Gasteiger partial charge < -0.3 is 10.1 Å². The Kier molecular flexibility index (Phi) is 4.46. The zero-order chi connectivity index (χ0) is 15.2. The van der Waals surface area contributed by atoms with Crippen molar-refractivity contribution in [2.24, 2.45) is 0 Å². The first-order chi connectivity index (χ1) is 10.8. The molecule has 0 aliphatic carbocycles. The third kappa shape index (κ3) is 3.71. The number of amides is 1. The van der Waals surface area contributed by atoms with Gasteiger partial charge in [0.15, 0.2) is 0 Å². The van der Waals surface area contributed by atoms with Crippen molar-refractivity contribution in [3.8, 4) is 11.5 Å². The smallest absolute Gasteiger partial charge is 0.271 e. The predicted octanol–water partition coefficient (Wildman–Crippen LogP) is 3.87. The van der Waals surface area contributed by atoms with Crippen LogP contribution >= 0.6 is 11.3 Å². The van der Waals surface area contributed by atoms with Gasteiger partial charge in [0, 0.05) is 11.9 Å². The van der Waals surface area contributed by atoms with Crippen molar-refractivity contribution in [2.45, 2.75) is 6.54 Å². The van der Waals surface area contributed by atoms with Crippen LogP contribution < -0.4 is 10.1 Å². The van der Waals surface area contributed by atoms with E-state index in [-0.39, 0.29) is 5.91 Å². The van der Waals surface area contributed by atoms with Gasteiger partial charge in [0.05, 0.1) is 5.51 Å². The standard InChI is InChI=1S/C17H14N2O2S/c20-17(16-11-22-12-19-16)18-10-13-6-8-15(9-7-13)21-14-4-2-1-3-5-14/h1-9,11-12H,10H2,(H,18,20). The lowest BCUT2D eigenvalue weighted by Crippen LogP contribution is -2.22. The molecule has 1 heterocycles. The van der Waals surface area contributed by atoms with Crippen molar-refractivity contribution >= 4 is 17.2 Å². The summed E-state index contributed by atoms with van der Waals surface area (Å²) in [5.41, 5.74) is 3.10. The number of carbonyl (C=O) groups is 1. The Labute approximate surface area is 132 Å². The quantitative estimate of drug-likeness (QED) is 0.778. The van der Waals surface area contributed by atoms with E-state index in [0.29, 0.717) is 12.2 Å². The summed E-state index contributed by atoms with van der Waals surface area (Å²) in [6.07, 6.45) is 0. The monoisotopic (exact) mass is 310 g/mol. The summed E-state index contributed by atoms with van der Waals surface area (Å²) in [5.74, 6) is 1.40. The number of para-hydroxylation sites is 1. The maximum absolute atomic E-state index is 11.8. The molecule has 0 atom stereocenters. The molecule has 5 heteroatoms. The third-order valence-electron chi connectivity index (χ3n) is 3.02. The zero-order valence-corrected chi connectivity index (χ0v) is 12.5. The van der Waals surface area contributed by atoms with Crippen molar-refractivity contribution in [2.75, 3.05) is 0 Å². The highest BCUT2D eigenvalue weighted by Crippen LogP contribution is 2.21. The lowest BCUT2D eigenvalue weighted by atomic mass is 10.2. The molecule has 1 amide bonds. The SMILES string of the molecule is O=C(NCc1ccc(Oc2ccccc2)cc1)c1cscn1. The van der Waals surface area contributed by atoms with Crippen molar-refractivity contribution in [3.63, 3.8) is 0 Å². The van der Waals surface area contributed by atoms with E-state index in [2.05, 4.69) is 10.3 Å². The Bertz CT molecular complexity index is 725. The van der Waals surface area contributed by atoms with Gasteiger partial charge in [-0.1, -0.05) is 30.3 Å². The van der Waals surface area contributed by atoms with Crippen LogP contribution in [0.4, 0.5) is 0 Å². The van der Waals surface area contributed by atoms with Crippen LogP contribution in [-0.4, -0.2) is 10.9 Å². The number of hydrogen-bond donors (Lipinski definition) is 1. The molecular formula is C17H14N2O2S. The molecule has 3 rings (SSSR count). The van der Waals surface area contributed by atoms with Crippen LogP contribution in [0.3, 0.4) is 0 Å². The highest BCUT2D eigenvalue weighted by Gasteiger charge is 2.06. The molecule has 22 heavy (non-hydrogen) atoms. The second kappa shape index (κ2) is 6.87. The van der Waals surface area contributed by atoms with Gasteiger partial charge in [-0.25, -0.2) is 4.98 Å². The molecule has 1 aromatic heterocycles. The molecule has 0 saturated heterocycles. The maximum Gasteiger partial charge on any atom is 0.271 e. The maximum atomic E-state index is 11.8. The molecule has 0 saturated carbocycles. The van der Waals surface area contributed by atoms with Gasteiger partial charge in [-0.2, -0.15) is 0 Å². The number of benzene rings is 2. The fraction of sp³-hybridized carbons (Fsp3) is 0.0588. The number of ether oxygens (including phenoxy) is 1. The van der Waals surface area contributed by atoms with Crippen molar-refractivity contribution in [1.82, 2.24) is 10.3 Å². The highest BCUT2D eigenvalue weighted by atomic mass is 32.1. The average molecular weight is 310 g/mol. The Morgan fingerprint density at radius 3 is 2.45 bits per heavy atom. The van der Waals surface area contributed by atoms with Crippen LogP contribution in [0.1, 0.15) is 16.1 Å². The highest BCUT2D eigenvalue weighted by molar-refractivity contribution is 7.07. The minimum atomic E-state index is -0.161. The summed E-state index contributed by atoms with van der Waals surface area (Å²) in [4.78, 5) is 15.8. The van der Waals surface area contributed by atoms with Gasteiger partial charge in [-0.05, 0) is 29.8 Å². The molecule has 3 aromatic rings. The van der Waals surface area contributed by atoms with E-state index in [1.165, 1.54) is 11.3 Å². The number of aromatic nitrogens is 1. The van der Waals surface area contributed by atoms with Crippen LogP contribution in [0.2, 0.25) is 0 Å². The number of thiazole rings is 1. The van der Waals surface area contributed by atoms with Crippen LogP contribution in [0.15, 0.2) is 65.5 Å². The van der Waals surface area contributed by atoms with Crippen LogP contribution in [0.5, 0.6) is 11.5 Å². The number of nitrogens with zero attached hydrogens (tertiary/aromatic N) is 1. The van der Waals surface area contributed by atoms with E-state index in [4.69, 9.17) is 4.74 Å². The first-order valence-electron chi connectivity index (χ1n) is 6.79. The molecular weight excluding hydrogens is 296 g/mol. The third-order valence-corrected chi connectivity index (χ3v) is 3.61. The summed E-state index contributed by atoms with van der Waals surface area (Å²) in [6, 6.07) is 17.2. The van der Waals surface area contributed by atoms with Crippen LogP contribution in [-0.2, 0) is 6.54 Å². The zero-order valence-electron chi connectivity index (χ0n) is 11.7. The lowest BCUT2D eigenvalue weighted by molar-refractivity contribution is 0.0946. The second-order valence-electron chi connectivity index (χ2n) is 4.62. The van der Waals surface area contributed by atoms with Gasteiger partial charge >= 0.3 is 0 Å². The first-order valence-corrected chi connectivity index (χ1v) is 7.74. The Balaban J connectivity index is 1.56. The Morgan fingerprint density at radius 1 is 1.05 bits per heavy atom. The van der Waals surface area contributed by atoms with Crippen LogP contribution in [0, 0.1) is 0 Å². The fourth-order valence-corrected chi connectivity index (χ4v) is 2.43. The largest absolute Gasteiger partial charge is 0.457 e. The summed E-state index contributed by atoms with van der Waals surface area (Å²) in [6.45, 7) is 0.460. The molecule has 0 aliphatic rings. The topological polar surface area (TPSA) is 51.2 Å². The summed E-state index contributed by atoms with van der Waals surface area (Å²) >= 11 is 1.40. The number of rotatable bonds is 5. The van der Waals surface area contributed by atoms with Gasteiger partial charge in [0.1, 0.15) is 17.2 Å². The van der Waals surface area contributed by atoms with E-state index in [1.807, 2.05) is 54.6 Å². The Morgan fingerprint density at radius 2 is 1.77 bits per heavy atom. The van der Waals surface area contributed by atoms with E-state index in [0.717, 1.165) is 17.1 Å².